The minimum absolute atomic E-state index is 0.147. The number of aromatic nitrogens is 3. The molecular formula is C19H29N5OS. The molecule has 142 valence electrons. The van der Waals surface area contributed by atoms with Crippen LogP contribution in [0.2, 0.25) is 0 Å². The molecule has 1 saturated heterocycles. The summed E-state index contributed by atoms with van der Waals surface area (Å²) in [5.41, 5.74) is 2.14. The van der Waals surface area contributed by atoms with Crippen molar-refractivity contribution in [3.8, 4) is 0 Å². The van der Waals surface area contributed by atoms with E-state index < -0.39 is 0 Å². The number of piperidine rings is 1. The van der Waals surface area contributed by atoms with Crippen molar-refractivity contribution in [3.05, 3.63) is 34.0 Å². The summed E-state index contributed by atoms with van der Waals surface area (Å²) >= 11 is 1.60. The van der Waals surface area contributed by atoms with E-state index in [1.807, 2.05) is 42.2 Å². The van der Waals surface area contributed by atoms with E-state index in [1.165, 1.54) is 12.0 Å². The molecule has 0 aromatic carbocycles. The fraction of sp³-hybridized carbons (Fsp3) is 0.632. The van der Waals surface area contributed by atoms with Crippen LogP contribution in [0, 0.1) is 12.8 Å². The lowest BCUT2D eigenvalue weighted by Gasteiger charge is -2.42. The molecule has 0 unspecified atom stereocenters. The molecule has 0 saturated carbocycles. The number of aryl methyl sites for hydroxylation is 2. The van der Waals surface area contributed by atoms with E-state index in [-0.39, 0.29) is 5.91 Å². The number of nitrogens with zero attached hydrogens (tertiary/aromatic N) is 5. The summed E-state index contributed by atoms with van der Waals surface area (Å²) < 4.78 is 1.87. The number of likely N-dealkylation sites (tertiary alicyclic amines) is 1. The van der Waals surface area contributed by atoms with E-state index in [0.29, 0.717) is 18.4 Å². The van der Waals surface area contributed by atoms with Gasteiger partial charge < -0.3 is 4.90 Å². The van der Waals surface area contributed by atoms with Gasteiger partial charge >= 0.3 is 0 Å². The molecule has 1 fully saturated rings. The van der Waals surface area contributed by atoms with Gasteiger partial charge in [-0.3, -0.25) is 14.4 Å². The largest absolute Gasteiger partial charge is 0.345 e. The molecule has 0 spiro atoms. The van der Waals surface area contributed by atoms with Gasteiger partial charge in [0.2, 0.25) is 5.91 Å². The van der Waals surface area contributed by atoms with E-state index >= 15 is 0 Å². The summed E-state index contributed by atoms with van der Waals surface area (Å²) in [6.45, 7) is 7.10. The van der Waals surface area contributed by atoms with Gasteiger partial charge in [0.1, 0.15) is 0 Å². The van der Waals surface area contributed by atoms with Gasteiger partial charge in [0.15, 0.2) is 0 Å². The van der Waals surface area contributed by atoms with E-state index in [2.05, 4.69) is 28.1 Å². The van der Waals surface area contributed by atoms with Gasteiger partial charge in [0, 0.05) is 43.8 Å². The summed E-state index contributed by atoms with van der Waals surface area (Å²) in [6.07, 6.45) is 6.81. The maximum absolute atomic E-state index is 12.7. The lowest BCUT2D eigenvalue weighted by atomic mass is 9.85. The van der Waals surface area contributed by atoms with Crippen molar-refractivity contribution in [1.82, 2.24) is 24.6 Å². The Morgan fingerprint density at radius 3 is 2.88 bits per heavy atom. The Morgan fingerprint density at radius 1 is 1.46 bits per heavy atom. The second-order valence-corrected chi connectivity index (χ2v) is 8.29. The first-order chi connectivity index (χ1) is 12.5. The van der Waals surface area contributed by atoms with Gasteiger partial charge in [-0.05, 0) is 38.8 Å². The van der Waals surface area contributed by atoms with Crippen molar-refractivity contribution < 1.29 is 4.79 Å². The number of rotatable bonds is 6. The molecule has 1 aliphatic heterocycles. The predicted octanol–water partition coefficient (Wildman–Crippen LogP) is 2.66. The van der Waals surface area contributed by atoms with E-state index in [4.69, 9.17) is 0 Å². The normalized spacial score (nSPS) is 21.1. The molecule has 26 heavy (non-hydrogen) atoms. The molecule has 0 bridgehead atoms. The van der Waals surface area contributed by atoms with Crippen LogP contribution in [-0.4, -0.2) is 57.2 Å². The SMILES string of the molecule is CCN1CCC[C@@H](CN(C)C(=O)Cc2csc(C)n2)[C@@H]1c1cnn(C)c1. The summed E-state index contributed by atoms with van der Waals surface area (Å²) in [6, 6.07) is 0.333. The van der Waals surface area contributed by atoms with Crippen LogP contribution in [0.4, 0.5) is 0 Å². The quantitative estimate of drug-likeness (QED) is 0.779. The maximum Gasteiger partial charge on any atom is 0.228 e. The number of thiazole rings is 1. The highest BCUT2D eigenvalue weighted by atomic mass is 32.1. The van der Waals surface area contributed by atoms with Crippen molar-refractivity contribution in [1.29, 1.82) is 0 Å². The Morgan fingerprint density at radius 2 is 2.27 bits per heavy atom. The van der Waals surface area contributed by atoms with Crippen LogP contribution in [0.15, 0.2) is 17.8 Å². The van der Waals surface area contributed by atoms with Gasteiger partial charge in [0.05, 0.1) is 23.3 Å². The topological polar surface area (TPSA) is 54.3 Å². The lowest BCUT2D eigenvalue weighted by molar-refractivity contribution is -0.130. The fourth-order valence-electron chi connectivity index (χ4n) is 4.01. The third kappa shape index (κ3) is 4.32. The number of hydrogen-bond acceptors (Lipinski definition) is 5. The van der Waals surface area contributed by atoms with Crippen LogP contribution in [-0.2, 0) is 18.3 Å². The summed E-state index contributed by atoms with van der Waals surface area (Å²) in [5.74, 6) is 0.577. The highest BCUT2D eigenvalue weighted by Gasteiger charge is 2.34. The van der Waals surface area contributed by atoms with Crippen LogP contribution < -0.4 is 0 Å². The Balaban J connectivity index is 1.69. The Labute approximate surface area is 159 Å². The molecular weight excluding hydrogens is 346 g/mol. The van der Waals surface area contributed by atoms with E-state index in [9.17, 15) is 4.79 Å². The molecule has 2 aromatic heterocycles. The monoisotopic (exact) mass is 375 g/mol. The molecule has 0 radical (unpaired) electrons. The number of hydrogen-bond donors (Lipinski definition) is 0. The zero-order chi connectivity index (χ0) is 18.7. The second kappa shape index (κ2) is 8.31. The number of likely N-dealkylation sites (N-methyl/N-ethyl adjacent to an activating group) is 1. The number of amides is 1. The summed E-state index contributed by atoms with van der Waals surface area (Å²) in [4.78, 5) is 21.5. The molecule has 2 atom stereocenters. The summed E-state index contributed by atoms with van der Waals surface area (Å²) in [5, 5.41) is 7.37. The highest BCUT2D eigenvalue weighted by molar-refractivity contribution is 7.09. The van der Waals surface area contributed by atoms with E-state index in [0.717, 1.165) is 36.8 Å². The molecule has 3 heterocycles. The van der Waals surface area contributed by atoms with Gasteiger partial charge in [0.25, 0.3) is 0 Å². The molecule has 0 N–H and O–H groups in total. The molecule has 1 aliphatic rings. The van der Waals surface area contributed by atoms with Gasteiger partial charge in [-0.25, -0.2) is 4.98 Å². The first-order valence-corrected chi connectivity index (χ1v) is 10.2. The van der Waals surface area contributed by atoms with Crippen LogP contribution in [0.25, 0.3) is 0 Å². The average molecular weight is 376 g/mol. The zero-order valence-corrected chi connectivity index (χ0v) is 17.0. The first kappa shape index (κ1) is 19.0. The Kier molecular flexibility index (Phi) is 6.09. The zero-order valence-electron chi connectivity index (χ0n) is 16.2. The minimum Gasteiger partial charge on any atom is -0.345 e. The standard InChI is InChI=1S/C19H29N5OS/c1-5-24-8-6-7-15(19(24)16-10-20-23(4)12-16)11-22(3)18(25)9-17-13-26-14(2)21-17/h10,12-13,15,19H,5-9,11H2,1-4H3/t15-,19+/m0/s1. The highest BCUT2D eigenvalue weighted by Crippen LogP contribution is 2.36. The van der Waals surface area contributed by atoms with E-state index in [1.54, 1.807) is 11.3 Å². The third-order valence-corrected chi connectivity index (χ3v) is 6.09. The maximum atomic E-state index is 12.7. The van der Waals surface area contributed by atoms with Crippen molar-refractivity contribution in [2.45, 2.75) is 39.2 Å². The number of carbonyl (C=O) groups is 1. The molecule has 3 rings (SSSR count). The first-order valence-electron chi connectivity index (χ1n) is 9.35. The fourth-order valence-corrected chi connectivity index (χ4v) is 4.62. The lowest BCUT2D eigenvalue weighted by Crippen LogP contribution is -2.44. The molecule has 1 amide bonds. The van der Waals surface area contributed by atoms with Gasteiger partial charge in [-0.15, -0.1) is 11.3 Å². The average Bonchev–Trinajstić information content (AvgIpc) is 3.22. The molecule has 7 heteroatoms. The minimum atomic E-state index is 0.147. The molecule has 2 aromatic rings. The Hall–Kier alpha value is -1.73. The number of carbonyl (C=O) groups excluding carboxylic acids is 1. The van der Waals surface area contributed by atoms with Gasteiger partial charge in [-0.2, -0.15) is 5.10 Å². The predicted molar refractivity (Wildman–Crippen MR) is 104 cm³/mol. The Bertz CT molecular complexity index is 740. The van der Waals surface area contributed by atoms with Crippen LogP contribution >= 0.6 is 11.3 Å². The van der Waals surface area contributed by atoms with Crippen molar-refractivity contribution in [2.24, 2.45) is 13.0 Å². The van der Waals surface area contributed by atoms with Crippen molar-refractivity contribution in [2.75, 3.05) is 26.7 Å². The van der Waals surface area contributed by atoms with Gasteiger partial charge in [-0.1, -0.05) is 6.92 Å². The molecule has 6 nitrogen and oxygen atoms in total. The smallest absolute Gasteiger partial charge is 0.228 e. The second-order valence-electron chi connectivity index (χ2n) is 7.23. The van der Waals surface area contributed by atoms with Crippen LogP contribution in [0.1, 0.15) is 42.1 Å². The molecule has 0 aliphatic carbocycles. The van der Waals surface area contributed by atoms with Crippen molar-refractivity contribution in [3.63, 3.8) is 0 Å². The third-order valence-electron chi connectivity index (χ3n) is 5.27. The van der Waals surface area contributed by atoms with Crippen LogP contribution in [0.5, 0.6) is 0 Å². The summed E-state index contributed by atoms with van der Waals surface area (Å²) in [7, 11) is 3.88. The van der Waals surface area contributed by atoms with Crippen LogP contribution in [0.3, 0.4) is 0 Å². The van der Waals surface area contributed by atoms with Crippen molar-refractivity contribution >= 4 is 17.2 Å².